The smallest absolute Gasteiger partial charge is 0.335 e. The van der Waals surface area contributed by atoms with Gasteiger partial charge in [-0.3, -0.25) is 19.7 Å². The number of nitro groups is 1. The number of fused-ring (bicyclic) bond motifs is 5. The molecule has 0 radical (unpaired) electrons. The fourth-order valence-corrected chi connectivity index (χ4v) is 8.89. The maximum atomic E-state index is 12.9. The van der Waals surface area contributed by atoms with E-state index in [0.717, 1.165) is 44.1 Å². The molecule has 0 aliphatic heterocycles. The van der Waals surface area contributed by atoms with Crippen LogP contribution >= 0.6 is 0 Å². The SMILES string of the molecule is CC(=O)[C@H]1CC[C@H]2[C@@H]3CCC4=CC(=O)CC(c5cc([N+](=O)[O-])ccc5C(=O)O)[C@@]4(C)[C@H]3CC[C@]12C. The summed E-state index contributed by atoms with van der Waals surface area (Å²) >= 11 is 0. The van der Waals surface area contributed by atoms with Crippen LogP contribution in [0.25, 0.3) is 0 Å². The largest absolute Gasteiger partial charge is 0.478 e. The Hall–Kier alpha value is -2.83. The minimum absolute atomic E-state index is 0.0116. The number of allylic oxidation sites excluding steroid dienone is 1. The molecule has 3 saturated carbocycles. The summed E-state index contributed by atoms with van der Waals surface area (Å²) < 4.78 is 0. The first-order valence-electron chi connectivity index (χ1n) is 12.7. The van der Waals surface area contributed by atoms with E-state index < -0.39 is 22.2 Å². The van der Waals surface area contributed by atoms with Crippen LogP contribution in [0, 0.1) is 44.6 Å². The van der Waals surface area contributed by atoms with Crippen LogP contribution in [0.1, 0.15) is 87.6 Å². The van der Waals surface area contributed by atoms with E-state index in [4.69, 9.17) is 0 Å². The van der Waals surface area contributed by atoms with E-state index in [1.807, 2.05) is 0 Å². The molecule has 1 aromatic rings. The van der Waals surface area contributed by atoms with Gasteiger partial charge in [-0.05, 0) is 91.7 Å². The number of ketones is 2. The highest BCUT2D eigenvalue weighted by atomic mass is 16.6. The van der Waals surface area contributed by atoms with E-state index in [1.165, 1.54) is 18.2 Å². The van der Waals surface area contributed by atoms with Gasteiger partial charge in [0.25, 0.3) is 5.69 Å². The van der Waals surface area contributed by atoms with Gasteiger partial charge in [0.05, 0.1) is 10.5 Å². The summed E-state index contributed by atoms with van der Waals surface area (Å²) in [7, 11) is 0. The lowest BCUT2D eigenvalue weighted by molar-refractivity contribution is -0.385. The van der Waals surface area contributed by atoms with Crippen LogP contribution in [-0.2, 0) is 9.59 Å². The lowest BCUT2D eigenvalue weighted by Gasteiger charge is -2.60. The fraction of sp³-hybridized carbons (Fsp3) is 0.607. The van der Waals surface area contributed by atoms with Crippen molar-refractivity contribution in [3.05, 3.63) is 51.1 Å². The summed E-state index contributed by atoms with van der Waals surface area (Å²) in [6.45, 7) is 6.16. The van der Waals surface area contributed by atoms with E-state index in [1.54, 1.807) is 13.0 Å². The number of benzene rings is 1. The molecule has 0 saturated heterocycles. The normalized spacial score (nSPS) is 38.1. The Kier molecular flexibility index (Phi) is 5.53. The van der Waals surface area contributed by atoms with Gasteiger partial charge >= 0.3 is 5.97 Å². The summed E-state index contributed by atoms with van der Waals surface area (Å²) in [5.74, 6) is -0.169. The van der Waals surface area contributed by atoms with Crippen molar-refractivity contribution in [1.82, 2.24) is 0 Å². The number of non-ortho nitro benzene ring substituents is 1. The van der Waals surface area contributed by atoms with Crippen LogP contribution in [0.3, 0.4) is 0 Å². The number of carboxylic acids is 1. The Labute approximate surface area is 205 Å². The van der Waals surface area contributed by atoms with Gasteiger partial charge in [-0.25, -0.2) is 4.79 Å². The second-order valence-corrected chi connectivity index (χ2v) is 11.7. The van der Waals surface area contributed by atoms with Crippen molar-refractivity contribution in [3.63, 3.8) is 0 Å². The summed E-state index contributed by atoms with van der Waals surface area (Å²) in [6.07, 6.45) is 7.47. The Bertz CT molecular complexity index is 1170. The van der Waals surface area contributed by atoms with Crippen LogP contribution in [0.4, 0.5) is 5.69 Å². The minimum atomic E-state index is -1.13. The molecular formula is C28H33NO6. The first-order valence-corrected chi connectivity index (χ1v) is 12.7. The molecule has 5 rings (SSSR count). The molecule has 0 amide bonds. The van der Waals surface area contributed by atoms with E-state index in [9.17, 15) is 29.6 Å². The molecule has 186 valence electrons. The van der Waals surface area contributed by atoms with Gasteiger partial charge in [0.15, 0.2) is 5.78 Å². The molecule has 1 aromatic carbocycles. The molecular weight excluding hydrogens is 446 g/mol. The van der Waals surface area contributed by atoms with E-state index in [2.05, 4.69) is 13.8 Å². The van der Waals surface area contributed by atoms with Crippen molar-refractivity contribution in [2.75, 3.05) is 0 Å². The number of Topliss-reactive ketones (excluding diaryl/α,β-unsaturated/α-hetero) is 1. The molecule has 7 atom stereocenters. The van der Waals surface area contributed by atoms with Crippen molar-refractivity contribution in [1.29, 1.82) is 0 Å². The van der Waals surface area contributed by atoms with Crippen molar-refractivity contribution >= 4 is 23.2 Å². The second kappa shape index (κ2) is 8.10. The highest BCUT2D eigenvalue weighted by Crippen LogP contribution is 2.69. The molecule has 3 fully saturated rings. The number of nitrogens with zero attached hydrogens (tertiary/aromatic N) is 1. The molecule has 4 aliphatic rings. The number of hydrogen-bond donors (Lipinski definition) is 1. The maximum absolute atomic E-state index is 12.9. The van der Waals surface area contributed by atoms with Gasteiger partial charge in [-0.2, -0.15) is 0 Å². The molecule has 0 aromatic heterocycles. The van der Waals surface area contributed by atoms with Crippen molar-refractivity contribution < 1.29 is 24.4 Å². The summed E-state index contributed by atoms with van der Waals surface area (Å²) in [6, 6.07) is 3.93. The van der Waals surface area contributed by atoms with Gasteiger partial charge in [-0.15, -0.1) is 0 Å². The first-order chi connectivity index (χ1) is 16.5. The minimum Gasteiger partial charge on any atom is -0.478 e. The zero-order chi connectivity index (χ0) is 25.3. The average molecular weight is 480 g/mol. The van der Waals surface area contributed by atoms with E-state index >= 15 is 0 Å². The maximum Gasteiger partial charge on any atom is 0.335 e. The van der Waals surface area contributed by atoms with Crippen molar-refractivity contribution in [2.45, 2.75) is 71.6 Å². The molecule has 7 nitrogen and oxygen atoms in total. The van der Waals surface area contributed by atoms with Gasteiger partial charge in [-0.1, -0.05) is 19.4 Å². The summed E-state index contributed by atoms with van der Waals surface area (Å²) in [5.41, 5.74) is 0.883. The molecule has 35 heavy (non-hydrogen) atoms. The standard InChI is InChI=1S/C28H33NO6/c1-15(30)22-8-9-23-20-6-4-16-12-18(31)14-25(28(16,3)24(20)10-11-27(22,23)2)21-13-17(29(34)35)5-7-19(21)26(32)33/h5,7,12-13,20,22-25H,4,6,8-11,14H2,1-3H3,(H,32,33)/t20-,22+,23-,24-,25?,27+,28+/m0/s1. The zero-order valence-corrected chi connectivity index (χ0v) is 20.6. The Morgan fingerprint density at radius 1 is 1.11 bits per heavy atom. The lowest BCUT2D eigenvalue weighted by atomic mass is 9.44. The van der Waals surface area contributed by atoms with Crippen molar-refractivity contribution in [3.8, 4) is 0 Å². The number of carboxylic acid groups (broad SMARTS) is 1. The molecule has 1 unspecified atom stereocenters. The van der Waals surface area contributed by atoms with Crippen LogP contribution in [-0.4, -0.2) is 27.6 Å². The number of nitro benzene ring substituents is 1. The molecule has 0 bridgehead atoms. The molecule has 1 N–H and O–H groups in total. The van der Waals surface area contributed by atoms with Gasteiger partial charge in [0.1, 0.15) is 5.78 Å². The third-order valence-electron chi connectivity index (χ3n) is 10.5. The zero-order valence-electron chi connectivity index (χ0n) is 20.6. The monoisotopic (exact) mass is 479 g/mol. The summed E-state index contributed by atoms with van der Waals surface area (Å²) in [4.78, 5) is 48.6. The Morgan fingerprint density at radius 3 is 2.51 bits per heavy atom. The number of carbonyl (C=O) groups excluding carboxylic acids is 2. The molecule has 0 heterocycles. The highest BCUT2D eigenvalue weighted by molar-refractivity contribution is 5.94. The van der Waals surface area contributed by atoms with E-state index in [0.29, 0.717) is 17.4 Å². The van der Waals surface area contributed by atoms with Crippen LogP contribution in [0.15, 0.2) is 29.8 Å². The van der Waals surface area contributed by atoms with Crippen molar-refractivity contribution in [2.24, 2.45) is 34.5 Å². The Morgan fingerprint density at radius 2 is 1.86 bits per heavy atom. The lowest BCUT2D eigenvalue weighted by Crippen LogP contribution is -2.53. The van der Waals surface area contributed by atoms with Crippen LogP contribution in [0.2, 0.25) is 0 Å². The van der Waals surface area contributed by atoms with E-state index in [-0.39, 0.29) is 46.5 Å². The second-order valence-electron chi connectivity index (χ2n) is 11.7. The summed E-state index contributed by atoms with van der Waals surface area (Å²) in [5, 5.41) is 21.5. The van der Waals surface area contributed by atoms with Crippen LogP contribution < -0.4 is 0 Å². The number of hydrogen-bond acceptors (Lipinski definition) is 5. The first kappa shape index (κ1) is 23.9. The highest BCUT2D eigenvalue weighted by Gasteiger charge is 2.61. The predicted octanol–water partition coefficient (Wildman–Crippen LogP) is 5.72. The molecule has 7 heteroatoms. The number of rotatable bonds is 4. The number of carbonyl (C=O) groups is 3. The Balaban J connectivity index is 1.62. The quantitative estimate of drug-likeness (QED) is 0.436. The average Bonchev–Trinajstić information content (AvgIpc) is 3.16. The van der Waals surface area contributed by atoms with Gasteiger partial charge in [0, 0.05) is 30.4 Å². The third kappa shape index (κ3) is 3.41. The number of aromatic carboxylic acids is 1. The third-order valence-corrected chi connectivity index (χ3v) is 10.5. The van der Waals surface area contributed by atoms with Crippen LogP contribution in [0.5, 0.6) is 0 Å². The molecule has 0 spiro atoms. The van der Waals surface area contributed by atoms with Gasteiger partial charge < -0.3 is 5.11 Å². The van der Waals surface area contributed by atoms with Gasteiger partial charge in [0.2, 0.25) is 0 Å². The topological polar surface area (TPSA) is 115 Å². The molecule has 4 aliphatic carbocycles. The predicted molar refractivity (Wildman–Crippen MR) is 129 cm³/mol. The fourth-order valence-electron chi connectivity index (χ4n) is 8.89.